The van der Waals surface area contributed by atoms with E-state index in [1.54, 1.807) is 16.4 Å². The molecule has 3 heterocycles. The van der Waals surface area contributed by atoms with E-state index in [0.717, 1.165) is 0 Å². The van der Waals surface area contributed by atoms with Crippen LogP contribution in [0.5, 0.6) is 0 Å². The quantitative estimate of drug-likeness (QED) is 0.366. The zero-order valence-electron chi connectivity index (χ0n) is 14.6. The predicted octanol–water partition coefficient (Wildman–Crippen LogP) is 7.33. The first-order chi connectivity index (χ1) is 12.9. The first-order valence-electron chi connectivity index (χ1n) is 9.20. The number of pyridine rings is 1. The van der Waals surface area contributed by atoms with E-state index in [0.29, 0.717) is 0 Å². The fraction of sp³-hybridized carbons (Fsp3) is 0.174. The van der Waals surface area contributed by atoms with Gasteiger partial charge in [-0.1, -0.05) is 50.0 Å². The highest BCUT2D eigenvalue weighted by atomic mass is 32.1. The SMILES string of the molecule is c1ccc(-c2c3c(c(-c4ccccn4)p2-c2cccs2)CCCC3)cc1. The van der Waals surface area contributed by atoms with Gasteiger partial charge in [0.15, 0.2) is 0 Å². The number of hydrogen-bond donors (Lipinski definition) is 0. The minimum Gasteiger partial charge on any atom is -0.256 e. The summed E-state index contributed by atoms with van der Waals surface area (Å²) in [4.78, 5) is 4.78. The van der Waals surface area contributed by atoms with Crippen LogP contribution < -0.4 is 0 Å². The van der Waals surface area contributed by atoms with Crippen LogP contribution in [0.25, 0.3) is 26.5 Å². The van der Waals surface area contributed by atoms with Gasteiger partial charge in [-0.05, 0) is 66.0 Å². The maximum absolute atomic E-state index is 4.78. The third kappa shape index (κ3) is 2.65. The Morgan fingerprint density at radius 3 is 2.23 bits per heavy atom. The lowest BCUT2D eigenvalue weighted by atomic mass is 9.90. The largest absolute Gasteiger partial charge is 0.256 e. The van der Waals surface area contributed by atoms with Crippen LogP contribution in [-0.4, -0.2) is 4.98 Å². The topological polar surface area (TPSA) is 12.9 Å². The minimum atomic E-state index is -0.518. The van der Waals surface area contributed by atoms with Crippen molar-refractivity contribution >= 4 is 18.9 Å². The molecule has 0 saturated carbocycles. The van der Waals surface area contributed by atoms with Crippen LogP contribution in [0.2, 0.25) is 0 Å². The van der Waals surface area contributed by atoms with Crippen LogP contribution >= 0.6 is 18.9 Å². The van der Waals surface area contributed by atoms with Gasteiger partial charge in [0.25, 0.3) is 0 Å². The summed E-state index contributed by atoms with van der Waals surface area (Å²) in [6.45, 7) is 0. The second-order valence-electron chi connectivity index (χ2n) is 6.73. The van der Waals surface area contributed by atoms with Crippen molar-refractivity contribution in [2.24, 2.45) is 0 Å². The maximum atomic E-state index is 4.78. The molecule has 0 bridgehead atoms. The van der Waals surface area contributed by atoms with E-state index < -0.39 is 7.53 Å². The van der Waals surface area contributed by atoms with Gasteiger partial charge in [-0.3, -0.25) is 4.98 Å². The van der Waals surface area contributed by atoms with Gasteiger partial charge in [0.05, 0.1) is 10.3 Å². The Bertz CT molecular complexity index is 950. The molecule has 0 aliphatic heterocycles. The summed E-state index contributed by atoms with van der Waals surface area (Å²) in [6, 6.07) is 21.9. The van der Waals surface area contributed by atoms with Gasteiger partial charge in [0, 0.05) is 16.8 Å². The van der Waals surface area contributed by atoms with Crippen molar-refractivity contribution in [3.05, 3.63) is 83.4 Å². The number of nitrogens with zero attached hydrogens (tertiary/aromatic N) is 1. The van der Waals surface area contributed by atoms with Crippen molar-refractivity contribution in [2.75, 3.05) is 0 Å². The molecule has 5 rings (SSSR count). The zero-order valence-corrected chi connectivity index (χ0v) is 16.3. The molecule has 0 fully saturated rings. The highest BCUT2D eigenvalue weighted by Gasteiger charge is 2.28. The second-order valence-corrected chi connectivity index (χ2v) is 10.0. The minimum absolute atomic E-state index is 0.518. The van der Waals surface area contributed by atoms with E-state index in [9.17, 15) is 0 Å². The summed E-state index contributed by atoms with van der Waals surface area (Å²) in [6.07, 6.45) is 6.94. The molecular formula is C23H20NPS. The van der Waals surface area contributed by atoms with Gasteiger partial charge in [-0.2, -0.15) is 0 Å². The number of fused-ring (bicyclic) bond motifs is 1. The van der Waals surface area contributed by atoms with E-state index in [2.05, 4.69) is 60.0 Å². The fourth-order valence-electron chi connectivity index (χ4n) is 4.10. The Balaban J connectivity index is 1.89. The van der Waals surface area contributed by atoms with Crippen molar-refractivity contribution in [1.29, 1.82) is 0 Å². The molecule has 0 saturated heterocycles. The van der Waals surface area contributed by atoms with Gasteiger partial charge < -0.3 is 0 Å². The molecule has 1 aliphatic rings. The van der Waals surface area contributed by atoms with Crippen molar-refractivity contribution < 1.29 is 0 Å². The lowest BCUT2D eigenvalue weighted by molar-refractivity contribution is 0.692. The fourth-order valence-corrected chi connectivity index (χ4v) is 8.41. The van der Waals surface area contributed by atoms with Crippen molar-refractivity contribution in [3.63, 3.8) is 0 Å². The third-order valence-corrected chi connectivity index (χ3v) is 9.21. The van der Waals surface area contributed by atoms with Crippen LogP contribution in [0.15, 0.2) is 72.2 Å². The lowest BCUT2D eigenvalue weighted by Gasteiger charge is -2.14. The van der Waals surface area contributed by atoms with E-state index in [4.69, 9.17) is 4.98 Å². The van der Waals surface area contributed by atoms with E-state index in [1.807, 2.05) is 23.6 Å². The van der Waals surface area contributed by atoms with Crippen molar-refractivity contribution in [1.82, 2.24) is 4.98 Å². The Labute approximate surface area is 159 Å². The molecule has 1 unspecified atom stereocenters. The van der Waals surface area contributed by atoms with Gasteiger partial charge in [0.2, 0.25) is 0 Å². The molecule has 1 aliphatic carbocycles. The van der Waals surface area contributed by atoms with Crippen molar-refractivity contribution in [2.45, 2.75) is 25.7 Å². The van der Waals surface area contributed by atoms with Gasteiger partial charge in [-0.25, -0.2) is 0 Å². The highest BCUT2D eigenvalue weighted by Crippen LogP contribution is 2.62. The zero-order chi connectivity index (χ0) is 17.3. The average Bonchev–Trinajstić information content (AvgIpc) is 3.35. The predicted molar refractivity (Wildman–Crippen MR) is 114 cm³/mol. The summed E-state index contributed by atoms with van der Waals surface area (Å²) in [5.41, 5.74) is 5.77. The number of thiophene rings is 1. The molecular weight excluding hydrogens is 353 g/mol. The molecule has 0 N–H and O–H groups in total. The van der Waals surface area contributed by atoms with Crippen LogP contribution in [0.1, 0.15) is 24.0 Å². The van der Waals surface area contributed by atoms with Gasteiger partial charge in [0.1, 0.15) is 0 Å². The number of hydrogen-bond acceptors (Lipinski definition) is 2. The number of rotatable bonds is 3. The summed E-state index contributed by atoms with van der Waals surface area (Å²) in [5, 5.41) is 5.31. The molecule has 1 aromatic carbocycles. The normalized spacial score (nSPS) is 14.2. The number of benzene rings is 1. The van der Waals surface area contributed by atoms with E-state index in [-0.39, 0.29) is 0 Å². The van der Waals surface area contributed by atoms with Gasteiger partial charge in [-0.15, -0.1) is 11.3 Å². The summed E-state index contributed by atoms with van der Waals surface area (Å²) >= 11 is 1.90. The first kappa shape index (κ1) is 16.1. The van der Waals surface area contributed by atoms with Crippen LogP contribution in [0, 0.1) is 0 Å². The standard InChI is InChI=1S/C23H20NPS/c1-2-9-17(10-3-1)22-18-11-4-5-12-19(18)23(20-13-6-7-15-24-20)25(22)21-14-8-16-26-21/h1-3,6-10,13-16H,4-5,11-12H2. The molecule has 1 nitrogen and oxygen atoms in total. The van der Waals surface area contributed by atoms with Gasteiger partial charge >= 0.3 is 0 Å². The molecule has 0 amide bonds. The number of aromatic nitrogens is 1. The summed E-state index contributed by atoms with van der Waals surface area (Å²) in [5.74, 6) is 0. The molecule has 0 radical (unpaired) electrons. The van der Waals surface area contributed by atoms with E-state index in [1.165, 1.54) is 46.9 Å². The molecule has 26 heavy (non-hydrogen) atoms. The Kier molecular flexibility index (Phi) is 4.24. The monoisotopic (exact) mass is 373 g/mol. The molecule has 3 heteroatoms. The second kappa shape index (κ2) is 6.87. The third-order valence-electron chi connectivity index (χ3n) is 5.17. The smallest absolute Gasteiger partial charge is 0.0748 e. The van der Waals surface area contributed by atoms with Crippen LogP contribution in [0.3, 0.4) is 0 Å². The maximum Gasteiger partial charge on any atom is 0.0748 e. The van der Waals surface area contributed by atoms with Crippen LogP contribution in [0.4, 0.5) is 0 Å². The molecule has 0 spiro atoms. The molecule has 3 aromatic heterocycles. The lowest BCUT2D eigenvalue weighted by Crippen LogP contribution is -2.01. The Morgan fingerprint density at radius 2 is 1.54 bits per heavy atom. The first-order valence-corrected chi connectivity index (χ1v) is 11.4. The van der Waals surface area contributed by atoms with Crippen LogP contribution in [-0.2, 0) is 12.8 Å². The molecule has 1 atom stereocenters. The highest BCUT2D eigenvalue weighted by molar-refractivity contribution is 7.69. The molecule has 4 aromatic rings. The summed E-state index contributed by atoms with van der Waals surface area (Å²) < 4.78 is 1.49. The van der Waals surface area contributed by atoms with E-state index >= 15 is 0 Å². The Morgan fingerprint density at radius 1 is 0.769 bits per heavy atom. The Hall–Kier alpha value is -2.15. The van der Waals surface area contributed by atoms with Crippen molar-refractivity contribution in [3.8, 4) is 26.5 Å². The summed E-state index contributed by atoms with van der Waals surface area (Å²) in [7, 11) is -0.518. The molecule has 128 valence electrons. The average molecular weight is 373 g/mol.